The Hall–Kier alpha value is -0.850. The average molecular weight is 479 g/mol. The molecule has 2 aromatic rings. The summed E-state index contributed by atoms with van der Waals surface area (Å²) in [6, 6.07) is 8.83. The average Bonchev–Trinajstić information content (AvgIpc) is 2.44. The number of carbonyl (C=O) groups is 1. The minimum Gasteiger partial charge on any atom is -0.497 e. The second-order valence-electron chi connectivity index (χ2n) is 4.17. The van der Waals surface area contributed by atoms with Crippen LogP contribution in [0.2, 0.25) is 0 Å². The molecule has 0 aliphatic rings. The molecule has 3 nitrogen and oxygen atoms in total. The van der Waals surface area contributed by atoms with Crippen molar-refractivity contribution >= 4 is 53.6 Å². The summed E-state index contributed by atoms with van der Waals surface area (Å²) in [6.07, 6.45) is 0. The Bertz CT molecular complexity index is 679. The maximum atomic E-state index is 12.8. The highest BCUT2D eigenvalue weighted by Gasteiger charge is 2.20. The largest absolute Gasteiger partial charge is 0.497 e. The lowest BCUT2D eigenvalue weighted by molar-refractivity contribution is 0.103. The predicted molar refractivity (Wildman–Crippen MR) is 92.5 cm³/mol. The molecule has 0 aromatic heterocycles. The number of halogens is 3. The summed E-state index contributed by atoms with van der Waals surface area (Å²) >= 11 is 10.2. The molecular formula is C15H11Br3O3. The van der Waals surface area contributed by atoms with Crippen LogP contribution in [0.1, 0.15) is 15.9 Å². The molecule has 0 heterocycles. The number of ketones is 1. The molecule has 2 aromatic carbocycles. The molecule has 6 heteroatoms. The van der Waals surface area contributed by atoms with Gasteiger partial charge in [0.15, 0.2) is 5.78 Å². The Morgan fingerprint density at radius 1 is 0.905 bits per heavy atom. The molecule has 0 amide bonds. The van der Waals surface area contributed by atoms with Crippen molar-refractivity contribution < 1.29 is 14.3 Å². The summed E-state index contributed by atoms with van der Waals surface area (Å²) < 4.78 is 12.8. The summed E-state index contributed by atoms with van der Waals surface area (Å²) in [6.45, 7) is 0. The molecule has 0 bridgehead atoms. The third-order valence-electron chi connectivity index (χ3n) is 2.83. The maximum absolute atomic E-state index is 12.8. The molecule has 0 saturated carbocycles. The highest BCUT2D eigenvalue weighted by atomic mass is 79.9. The minimum absolute atomic E-state index is 0.136. The quantitative estimate of drug-likeness (QED) is 0.565. The van der Waals surface area contributed by atoms with Crippen LogP contribution in [-0.4, -0.2) is 20.0 Å². The van der Waals surface area contributed by atoms with Crippen LogP contribution in [0, 0.1) is 0 Å². The van der Waals surface area contributed by atoms with Crippen LogP contribution in [-0.2, 0) is 0 Å². The van der Waals surface area contributed by atoms with Crippen LogP contribution in [0.4, 0.5) is 0 Å². The molecular weight excluding hydrogens is 468 g/mol. The fourth-order valence-electron chi connectivity index (χ4n) is 1.89. The van der Waals surface area contributed by atoms with Crippen molar-refractivity contribution in [2.45, 2.75) is 0 Å². The van der Waals surface area contributed by atoms with E-state index in [-0.39, 0.29) is 5.78 Å². The topological polar surface area (TPSA) is 35.5 Å². The summed E-state index contributed by atoms with van der Waals surface area (Å²) in [5.74, 6) is 0.941. The van der Waals surface area contributed by atoms with Gasteiger partial charge >= 0.3 is 0 Å². The van der Waals surface area contributed by atoms with Crippen LogP contribution >= 0.6 is 47.8 Å². The number of rotatable bonds is 4. The molecule has 110 valence electrons. The Morgan fingerprint density at radius 3 is 2.05 bits per heavy atom. The Morgan fingerprint density at radius 2 is 1.52 bits per heavy atom. The van der Waals surface area contributed by atoms with Crippen molar-refractivity contribution in [3.63, 3.8) is 0 Å². The van der Waals surface area contributed by atoms with Gasteiger partial charge in [-0.25, -0.2) is 0 Å². The van der Waals surface area contributed by atoms with E-state index in [2.05, 4.69) is 47.8 Å². The Kier molecular flexibility index (Phi) is 5.46. The molecule has 21 heavy (non-hydrogen) atoms. The van der Waals surface area contributed by atoms with Gasteiger partial charge < -0.3 is 9.47 Å². The predicted octanol–water partition coefficient (Wildman–Crippen LogP) is 5.22. The van der Waals surface area contributed by atoms with E-state index < -0.39 is 0 Å². The van der Waals surface area contributed by atoms with E-state index >= 15 is 0 Å². The van der Waals surface area contributed by atoms with E-state index in [1.165, 1.54) is 7.11 Å². The van der Waals surface area contributed by atoms with Gasteiger partial charge in [0.2, 0.25) is 0 Å². The van der Waals surface area contributed by atoms with Gasteiger partial charge in [-0.1, -0.05) is 31.9 Å². The number of ether oxygens (including phenoxy) is 2. The third kappa shape index (κ3) is 3.67. The first kappa shape index (κ1) is 16.5. The van der Waals surface area contributed by atoms with Crippen molar-refractivity contribution in [1.29, 1.82) is 0 Å². The maximum Gasteiger partial charge on any atom is 0.197 e. The summed E-state index contributed by atoms with van der Waals surface area (Å²) in [5, 5.41) is 0. The van der Waals surface area contributed by atoms with E-state index in [0.717, 1.165) is 8.95 Å². The SMILES string of the molecule is COc1cc(Br)c(C(=O)c2cc(Br)cc(Br)c2)c(OC)c1. The first-order valence-corrected chi connectivity index (χ1v) is 8.26. The van der Waals surface area contributed by atoms with Crippen molar-refractivity contribution in [2.24, 2.45) is 0 Å². The molecule has 0 atom stereocenters. The van der Waals surface area contributed by atoms with E-state index in [0.29, 0.717) is 27.1 Å². The van der Waals surface area contributed by atoms with E-state index in [1.54, 1.807) is 31.4 Å². The second-order valence-corrected chi connectivity index (χ2v) is 6.86. The molecule has 0 radical (unpaired) electrons. The van der Waals surface area contributed by atoms with Crippen molar-refractivity contribution in [1.82, 2.24) is 0 Å². The van der Waals surface area contributed by atoms with Crippen molar-refractivity contribution in [3.8, 4) is 11.5 Å². The van der Waals surface area contributed by atoms with Gasteiger partial charge in [0, 0.05) is 25.0 Å². The first-order chi connectivity index (χ1) is 9.96. The van der Waals surface area contributed by atoms with Crippen LogP contribution < -0.4 is 9.47 Å². The van der Waals surface area contributed by atoms with Gasteiger partial charge in [-0.15, -0.1) is 0 Å². The molecule has 2 rings (SSSR count). The van der Waals surface area contributed by atoms with Gasteiger partial charge in [0.25, 0.3) is 0 Å². The number of methoxy groups -OCH3 is 2. The van der Waals surface area contributed by atoms with Crippen molar-refractivity contribution in [2.75, 3.05) is 14.2 Å². The lowest BCUT2D eigenvalue weighted by Crippen LogP contribution is -2.06. The highest BCUT2D eigenvalue weighted by molar-refractivity contribution is 9.11. The molecule has 0 aliphatic heterocycles. The third-order valence-corrected chi connectivity index (χ3v) is 4.38. The van der Waals surface area contributed by atoms with E-state index in [1.807, 2.05) is 6.07 Å². The molecule has 0 saturated heterocycles. The van der Waals surface area contributed by atoms with Gasteiger partial charge in [-0.05, 0) is 40.2 Å². The fraction of sp³-hybridized carbons (Fsp3) is 0.133. The molecule has 0 aliphatic carbocycles. The standard InChI is InChI=1S/C15H11Br3O3/c1-20-11-6-12(18)14(13(7-11)21-2)15(19)8-3-9(16)5-10(17)4-8/h3-7H,1-2H3. The number of carbonyl (C=O) groups excluding carboxylic acids is 1. The van der Waals surface area contributed by atoms with E-state index in [9.17, 15) is 4.79 Å². The summed E-state index contributed by atoms with van der Waals surface area (Å²) in [7, 11) is 3.09. The first-order valence-electron chi connectivity index (χ1n) is 5.88. The number of benzene rings is 2. The minimum atomic E-state index is -0.136. The van der Waals surface area contributed by atoms with Gasteiger partial charge in [-0.2, -0.15) is 0 Å². The number of hydrogen-bond donors (Lipinski definition) is 0. The molecule has 0 spiro atoms. The molecule has 0 unspecified atom stereocenters. The smallest absolute Gasteiger partial charge is 0.197 e. The zero-order valence-electron chi connectivity index (χ0n) is 11.2. The zero-order valence-corrected chi connectivity index (χ0v) is 16.0. The van der Waals surface area contributed by atoms with Crippen LogP contribution in [0.3, 0.4) is 0 Å². The van der Waals surface area contributed by atoms with Crippen LogP contribution in [0.15, 0.2) is 43.7 Å². The lowest BCUT2D eigenvalue weighted by atomic mass is 10.0. The van der Waals surface area contributed by atoms with Gasteiger partial charge in [0.1, 0.15) is 11.5 Å². The van der Waals surface area contributed by atoms with Crippen molar-refractivity contribution in [3.05, 3.63) is 54.9 Å². The highest BCUT2D eigenvalue weighted by Crippen LogP contribution is 2.34. The zero-order chi connectivity index (χ0) is 15.6. The Labute approximate surface area is 148 Å². The fourth-order valence-corrected chi connectivity index (χ4v) is 3.78. The summed E-state index contributed by atoms with van der Waals surface area (Å²) in [4.78, 5) is 12.8. The van der Waals surface area contributed by atoms with Gasteiger partial charge in [0.05, 0.1) is 19.8 Å². The van der Waals surface area contributed by atoms with Crippen LogP contribution in [0.25, 0.3) is 0 Å². The number of hydrogen-bond acceptors (Lipinski definition) is 3. The lowest BCUT2D eigenvalue weighted by Gasteiger charge is -2.12. The van der Waals surface area contributed by atoms with Gasteiger partial charge in [-0.3, -0.25) is 4.79 Å². The monoisotopic (exact) mass is 476 g/mol. The molecule has 0 fully saturated rings. The van der Waals surface area contributed by atoms with Crippen LogP contribution in [0.5, 0.6) is 11.5 Å². The van der Waals surface area contributed by atoms with E-state index in [4.69, 9.17) is 9.47 Å². The Balaban J connectivity index is 2.57. The second kappa shape index (κ2) is 6.94. The normalized spacial score (nSPS) is 10.3. The summed E-state index contributed by atoms with van der Waals surface area (Å²) in [5.41, 5.74) is 1.02. The molecule has 0 N–H and O–H groups in total.